The summed E-state index contributed by atoms with van der Waals surface area (Å²) in [6.07, 6.45) is 0. The van der Waals surface area contributed by atoms with Crippen LogP contribution in [0.1, 0.15) is 14.7 Å². The number of para-hydroxylation sites is 1. The van der Waals surface area contributed by atoms with Crippen LogP contribution in [0.2, 0.25) is 0 Å². The molecule has 1 atom stereocenters. The molecule has 1 fully saturated rings. The smallest absolute Gasteiger partial charge is 0.277 e. The molecule has 0 spiro atoms. The lowest BCUT2D eigenvalue weighted by Gasteiger charge is -2.34. The molecule has 3 heterocycles. The van der Waals surface area contributed by atoms with E-state index in [1.807, 2.05) is 52.6 Å². The average molecular weight is 416 g/mol. The monoisotopic (exact) mass is 415 g/mol. The van der Waals surface area contributed by atoms with Crippen LogP contribution >= 0.6 is 22.7 Å². The van der Waals surface area contributed by atoms with E-state index in [0.717, 1.165) is 26.8 Å². The number of carbonyl (C=O) groups is 2. The molecule has 8 heteroatoms. The molecule has 0 aliphatic carbocycles. The molecule has 28 heavy (non-hydrogen) atoms. The third-order valence-corrected chi connectivity index (χ3v) is 6.79. The Bertz CT molecular complexity index is 929. The van der Waals surface area contributed by atoms with Gasteiger partial charge in [0.25, 0.3) is 11.8 Å². The fourth-order valence-electron chi connectivity index (χ4n) is 3.40. The van der Waals surface area contributed by atoms with Crippen molar-refractivity contribution in [1.82, 2.24) is 14.8 Å². The Morgan fingerprint density at radius 2 is 1.82 bits per heavy atom. The number of fused-ring (bicyclic) bond motifs is 1. The molecule has 146 valence electrons. The summed E-state index contributed by atoms with van der Waals surface area (Å²) >= 11 is 3.15. The zero-order valence-electron chi connectivity index (χ0n) is 15.8. The molecule has 2 amide bonds. The Hall–Kier alpha value is -2.29. The summed E-state index contributed by atoms with van der Waals surface area (Å²) in [5.41, 5.74) is 1.02. The molecule has 3 aromatic rings. The molecule has 6 nitrogen and oxygen atoms in total. The minimum Gasteiger partial charge on any atom is -0.334 e. The van der Waals surface area contributed by atoms with Gasteiger partial charge in [0.05, 0.1) is 22.1 Å². The predicted molar refractivity (Wildman–Crippen MR) is 112 cm³/mol. The zero-order chi connectivity index (χ0) is 19.5. The molecule has 2 aromatic heterocycles. The van der Waals surface area contributed by atoms with Gasteiger partial charge in [-0.2, -0.15) is 0 Å². The summed E-state index contributed by atoms with van der Waals surface area (Å²) in [5, 5.41) is 2.97. The van der Waals surface area contributed by atoms with Gasteiger partial charge in [-0.15, -0.1) is 22.7 Å². The van der Waals surface area contributed by atoms with Crippen LogP contribution in [-0.2, 0) is 11.3 Å². The van der Waals surface area contributed by atoms with Crippen molar-refractivity contribution in [2.45, 2.75) is 6.54 Å². The molecule has 1 unspecified atom stereocenters. The highest BCUT2D eigenvalue weighted by Crippen LogP contribution is 2.20. The number of hydrogen-bond acceptors (Lipinski definition) is 5. The van der Waals surface area contributed by atoms with Crippen molar-refractivity contribution in [2.75, 3.05) is 39.8 Å². The summed E-state index contributed by atoms with van der Waals surface area (Å²) in [6.45, 7) is 3.57. The molecule has 1 saturated heterocycles. The molecule has 1 aromatic carbocycles. The molecular formula is C20H23N4O2S2+. The Kier molecular flexibility index (Phi) is 5.70. The van der Waals surface area contributed by atoms with E-state index in [2.05, 4.69) is 11.1 Å². The summed E-state index contributed by atoms with van der Waals surface area (Å²) in [5.74, 6) is 0.211. The van der Waals surface area contributed by atoms with E-state index in [1.54, 1.807) is 11.3 Å². The number of likely N-dealkylation sites (N-methyl/N-ethyl adjacent to an activating group) is 1. The lowest BCUT2D eigenvalue weighted by Crippen LogP contribution is -3.09. The lowest BCUT2D eigenvalue weighted by molar-refractivity contribution is -0.885. The number of quaternary nitrogens is 1. The molecule has 4 rings (SSSR count). The Morgan fingerprint density at radius 1 is 1.07 bits per heavy atom. The standard InChI is InChI=1S/C20H22N4O2S2/c1-22(13-18-21-15-5-2-3-6-16(15)28-18)14-19(25)23-8-10-24(11-9-23)20(26)17-7-4-12-27-17/h2-7,12H,8-11,13-14H2,1H3/p+1. The van der Waals surface area contributed by atoms with Gasteiger partial charge in [-0.25, -0.2) is 4.98 Å². The first-order valence-electron chi connectivity index (χ1n) is 9.36. The van der Waals surface area contributed by atoms with E-state index >= 15 is 0 Å². The van der Waals surface area contributed by atoms with Crippen LogP contribution in [0, 0.1) is 0 Å². The van der Waals surface area contributed by atoms with Gasteiger partial charge < -0.3 is 14.7 Å². The van der Waals surface area contributed by atoms with Crippen molar-refractivity contribution in [3.8, 4) is 0 Å². The second-order valence-electron chi connectivity index (χ2n) is 7.04. The number of benzene rings is 1. The highest BCUT2D eigenvalue weighted by atomic mass is 32.1. The first-order chi connectivity index (χ1) is 13.6. The Labute approximate surface area is 172 Å². The van der Waals surface area contributed by atoms with E-state index in [0.29, 0.717) is 32.7 Å². The zero-order valence-corrected chi connectivity index (χ0v) is 17.4. The largest absolute Gasteiger partial charge is 0.334 e. The van der Waals surface area contributed by atoms with Gasteiger partial charge in [-0.05, 0) is 23.6 Å². The highest BCUT2D eigenvalue weighted by Gasteiger charge is 2.26. The van der Waals surface area contributed by atoms with Crippen molar-refractivity contribution in [2.24, 2.45) is 0 Å². The summed E-state index contributed by atoms with van der Waals surface area (Å²) in [4.78, 5) is 35.3. The predicted octanol–water partition coefficient (Wildman–Crippen LogP) is 1.36. The summed E-state index contributed by atoms with van der Waals surface area (Å²) in [7, 11) is 2.03. The topological polar surface area (TPSA) is 58.0 Å². The molecule has 0 bridgehead atoms. The Morgan fingerprint density at radius 3 is 2.54 bits per heavy atom. The molecular weight excluding hydrogens is 392 g/mol. The fraction of sp³-hybridized carbons (Fsp3) is 0.350. The van der Waals surface area contributed by atoms with Crippen LogP contribution in [0.25, 0.3) is 10.2 Å². The van der Waals surface area contributed by atoms with Gasteiger partial charge in [0, 0.05) is 26.2 Å². The lowest BCUT2D eigenvalue weighted by atomic mass is 10.3. The fourth-order valence-corrected chi connectivity index (χ4v) is 5.17. The minimum absolute atomic E-state index is 0.0701. The number of nitrogens with zero attached hydrogens (tertiary/aromatic N) is 3. The number of aromatic nitrogens is 1. The van der Waals surface area contributed by atoms with Crippen LogP contribution in [0.15, 0.2) is 41.8 Å². The van der Waals surface area contributed by atoms with Gasteiger partial charge in [-0.3, -0.25) is 9.59 Å². The third-order valence-electron chi connectivity index (χ3n) is 4.90. The SMILES string of the molecule is C[NH+](CC(=O)N1CCN(C(=O)c2cccs2)CC1)Cc1nc2ccccc2s1. The molecule has 0 saturated carbocycles. The first-order valence-corrected chi connectivity index (χ1v) is 11.1. The van der Waals surface area contributed by atoms with E-state index in [4.69, 9.17) is 0 Å². The highest BCUT2D eigenvalue weighted by molar-refractivity contribution is 7.18. The van der Waals surface area contributed by atoms with Crippen LogP contribution in [0.5, 0.6) is 0 Å². The van der Waals surface area contributed by atoms with E-state index in [-0.39, 0.29) is 11.8 Å². The molecule has 1 aliphatic rings. The normalized spacial score (nSPS) is 15.8. The number of hydrogen-bond donors (Lipinski definition) is 1. The maximum Gasteiger partial charge on any atom is 0.277 e. The van der Waals surface area contributed by atoms with Crippen LogP contribution in [0.4, 0.5) is 0 Å². The number of nitrogens with one attached hydrogen (secondary N) is 1. The number of thiazole rings is 1. The van der Waals surface area contributed by atoms with Gasteiger partial charge >= 0.3 is 0 Å². The van der Waals surface area contributed by atoms with E-state index in [9.17, 15) is 9.59 Å². The third kappa shape index (κ3) is 4.24. The quantitative estimate of drug-likeness (QED) is 0.685. The maximum absolute atomic E-state index is 12.7. The summed E-state index contributed by atoms with van der Waals surface area (Å²) in [6, 6.07) is 11.9. The van der Waals surface area contributed by atoms with Crippen molar-refractivity contribution in [3.05, 3.63) is 51.7 Å². The van der Waals surface area contributed by atoms with Crippen molar-refractivity contribution in [3.63, 3.8) is 0 Å². The molecule has 1 aliphatic heterocycles. The molecule has 1 N–H and O–H groups in total. The van der Waals surface area contributed by atoms with E-state index in [1.165, 1.54) is 16.0 Å². The second kappa shape index (κ2) is 8.38. The van der Waals surface area contributed by atoms with E-state index < -0.39 is 0 Å². The number of rotatable bonds is 5. The Balaban J connectivity index is 1.27. The average Bonchev–Trinajstić information content (AvgIpc) is 3.36. The van der Waals surface area contributed by atoms with Crippen molar-refractivity contribution >= 4 is 44.7 Å². The van der Waals surface area contributed by atoms with Gasteiger partial charge in [0.2, 0.25) is 0 Å². The number of thiophene rings is 1. The second-order valence-corrected chi connectivity index (χ2v) is 9.10. The van der Waals surface area contributed by atoms with Crippen LogP contribution in [0.3, 0.4) is 0 Å². The molecule has 0 radical (unpaired) electrons. The number of amides is 2. The number of carbonyl (C=O) groups excluding carboxylic acids is 2. The van der Waals surface area contributed by atoms with Crippen molar-refractivity contribution in [1.29, 1.82) is 0 Å². The van der Waals surface area contributed by atoms with Crippen molar-refractivity contribution < 1.29 is 14.5 Å². The van der Waals surface area contributed by atoms with Crippen LogP contribution in [-0.4, -0.2) is 66.4 Å². The van der Waals surface area contributed by atoms with Gasteiger partial charge in [0.1, 0.15) is 11.6 Å². The maximum atomic E-state index is 12.7. The van der Waals surface area contributed by atoms with Gasteiger partial charge in [0.15, 0.2) is 6.54 Å². The number of piperazine rings is 1. The first kappa shape index (κ1) is 19.0. The summed E-state index contributed by atoms with van der Waals surface area (Å²) < 4.78 is 1.18. The minimum atomic E-state index is 0.0701. The van der Waals surface area contributed by atoms with Gasteiger partial charge in [-0.1, -0.05) is 18.2 Å². The van der Waals surface area contributed by atoms with Crippen LogP contribution < -0.4 is 4.90 Å².